The number of aryl methyl sites for hydroxylation is 2. The Hall–Kier alpha value is -1.94. The van der Waals surface area contributed by atoms with Crippen LogP contribution >= 0.6 is 0 Å². The predicted molar refractivity (Wildman–Crippen MR) is 77.8 cm³/mol. The Balaban J connectivity index is 1.58. The fourth-order valence-electron chi connectivity index (χ4n) is 2.28. The molecule has 1 fully saturated rings. The Morgan fingerprint density at radius 3 is 2.55 bits per heavy atom. The number of anilines is 1. The highest BCUT2D eigenvalue weighted by Crippen LogP contribution is 2.11. The maximum atomic E-state index is 5.33. The van der Waals surface area contributed by atoms with Gasteiger partial charge < -0.3 is 9.64 Å². The van der Waals surface area contributed by atoms with Crippen LogP contribution in [0.1, 0.15) is 11.1 Å². The summed E-state index contributed by atoms with van der Waals surface area (Å²) in [6.07, 6.45) is 5.83. The summed E-state index contributed by atoms with van der Waals surface area (Å²) in [7, 11) is 0. The van der Waals surface area contributed by atoms with Gasteiger partial charge in [0.05, 0.1) is 13.2 Å². The van der Waals surface area contributed by atoms with E-state index < -0.39 is 0 Å². The van der Waals surface area contributed by atoms with E-state index in [0.29, 0.717) is 0 Å². The minimum Gasteiger partial charge on any atom is -0.378 e. The molecule has 1 aliphatic heterocycles. The molecular formula is C16H18N3O. The lowest BCUT2D eigenvalue weighted by molar-refractivity contribution is 0.122. The van der Waals surface area contributed by atoms with Crippen molar-refractivity contribution in [2.45, 2.75) is 12.8 Å². The summed E-state index contributed by atoms with van der Waals surface area (Å²) >= 11 is 0. The van der Waals surface area contributed by atoms with E-state index in [1.54, 1.807) is 0 Å². The molecule has 1 aromatic heterocycles. The van der Waals surface area contributed by atoms with E-state index >= 15 is 0 Å². The van der Waals surface area contributed by atoms with Crippen LogP contribution in [0, 0.1) is 6.07 Å². The largest absolute Gasteiger partial charge is 0.378 e. The van der Waals surface area contributed by atoms with Crippen LogP contribution in [0.5, 0.6) is 0 Å². The van der Waals surface area contributed by atoms with Gasteiger partial charge in [0, 0.05) is 25.5 Å². The van der Waals surface area contributed by atoms with Crippen molar-refractivity contribution in [3.63, 3.8) is 0 Å². The standard InChI is InChI=1S/C16H18N3O/c1-2-4-14(5-3-1)6-7-15-12-17-16(18-13-15)19-8-10-20-11-9-19/h1-2,4-5,12-13H,6-11H2. The van der Waals surface area contributed by atoms with Crippen molar-refractivity contribution in [3.8, 4) is 0 Å². The maximum absolute atomic E-state index is 5.33. The van der Waals surface area contributed by atoms with Gasteiger partial charge in [-0.25, -0.2) is 9.97 Å². The van der Waals surface area contributed by atoms with Gasteiger partial charge >= 0.3 is 0 Å². The molecular weight excluding hydrogens is 250 g/mol. The van der Waals surface area contributed by atoms with Crippen LogP contribution in [-0.4, -0.2) is 36.3 Å². The molecule has 0 bridgehead atoms. The molecule has 0 unspecified atom stereocenters. The molecule has 1 aromatic carbocycles. The lowest BCUT2D eigenvalue weighted by atomic mass is 10.1. The summed E-state index contributed by atoms with van der Waals surface area (Å²) in [4.78, 5) is 11.1. The molecule has 0 atom stereocenters. The molecule has 3 rings (SSSR count). The number of hydrogen-bond donors (Lipinski definition) is 0. The summed E-state index contributed by atoms with van der Waals surface area (Å²) in [5.41, 5.74) is 2.47. The Morgan fingerprint density at radius 2 is 1.85 bits per heavy atom. The van der Waals surface area contributed by atoms with Crippen LogP contribution in [-0.2, 0) is 17.6 Å². The molecule has 0 saturated carbocycles. The quantitative estimate of drug-likeness (QED) is 0.849. The summed E-state index contributed by atoms with van der Waals surface area (Å²) < 4.78 is 5.33. The van der Waals surface area contributed by atoms with Gasteiger partial charge in [-0.15, -0.1) is 0 Å². The van der Waals surface area contributed by atoms with Gasteiger partial charge in [-0.3, -0.25) is 0 Å². The second-order valence-electron chi connectivity index (χ2n) is 4.90. The third-order valence-electron chi connectivity index (χ3n) is 3.46. The van der Waals surface area contributed by atoms with E-state index in [9.17, 15) is 0 Å². The first-order valence-corrected chi connectivity index (χ1v) is 7.00. The Labute approximate surface area is 119 Å². The van der Waals surface area contributed by atoms with Crippen molar-refractivity contribution in [1.29, 1.82) is 0 Å². The van der Waals surface area contributed by atoms with Gasteiger partial charge in [-0.2, -0.15) is 0 Å². The number of aromatic nitrogens is 2. The summed E-state index contributed by atoms with van der Waals surface area (Å²) in [6.45, 7) is 3.27. The van der Waals surface area contributed by atoms with Crippen molar-refractivity contribution >= 4 is 5.95 Å². The smallest absolute Gasteiger partial charge is 0.225 e. The maximum Gasteiger partial charge on any atom is 0.225 e. The summed E-state index contributed by atoms with van der Waals surface area (Å²) in [6, 6.07) is 11.2. The topological polar surface area (TPSA) is 38.2 Å². The van der Waals surface area contributed by atoms with Crippen molar-refractivity contribution in [3.05, 3.63) is 53.9 Å². The predicted octanol–water partition coefficient (Wildman–Crippen LogP) is 1.90. The SMILES string of the molecule is [c]1cccc(CCc2cnc(N3CCOCC3)nc2)c1. The summed E-state index contributed by atoms with van der Waals surface area (Å²) in [5.74, 6) is 0.810. The van der Waals surface area contributed by atoms with Gasteiger partial charge in [-0.1, -0.05) is 24.3 Å². The van der Waals surface area contributed by atoms with E-state index in [1.807, 2.05) is 30.6 Å². The second kappa shape index (κ2) is 6.48. The molecule has 1 aliphatic rings. The number of hydrogen-bond acceptors (Lipinski definition) is 4. The molecule has 20 heavy (non-hydrogen) atoms. The molecule has 4 nitrogen and oxygen atoms in total. The van der Waals surface area contributed by atoms with Crippen LogP contribution < -0.4 is 4.90 Å². The van der Waals surface area contributed by atoms with Gasteiger partial charge in [0.15, 0.2) is 0 Å². The first kappa shape index (κ1) is 13.1. The van der Waals surface area contributed by atoms with Gasteiger partial charge in [0.1, 0.15) is 0 Å². The molecule has 4 heteroatoms. The number of morpholine rings is 1. The van der Waals surface area contributed by atoms with Crippen LogP contribution in [0.15, 0.2) is 36.7 Å². The van der Waals surface area contributed by atoms with Crippen LogP contribution in [0.4, 0.5) is 5.95 Å². The number of ether oxygens (including phenoxy) is 1. The van der Waals surface area contributed by atoms with Crippen molar-refractivity contribution in [2.75, 3.05) is 31.2 Å². The molecule has 1 saturated heterocycles. The van der Waals surface area contributed by atoms with Gasteiger partial charge in [0.25, 0.3) is 0 Å². The van der Waals surface area contributed by atoms with E-state index in [2.05, 4.69) is 27.0 Å². The van der Waals surface area contributed by atoms with E-state index in [4.69, 9.17) is 4.74 Å². The Kier molecular flexibility index (Phi) is 4.23. The third kappa shape index (κ3) is 3.33. The lowest BCUT2D eigenvalue weighted by Gasteiger charge is -2.26. The van der Waals surface area contributed by atoms with Crippen molar-refractivity contribution in [2.24, 2.45) is 0 Å². The molecule has 2 aromatic rings. The average Bonchev–Trinajstić information content (AvgIpc) is 2.55. The highest BCUT2D eigenvalue weighted by Gasteiger charge is 2.13. The van der Waals surface area contributed by atoms with Crippen LogP contribution in [0.25, 0.3) is 0 Å². The Morgan fingerprint density at radius 1 is 1.10 bits per heavy atom. The minimum atomic E-state index is 0.760. The molecule has 2 heterocycles. The van der Waals surface area contributed by atoms with Crippen molar-refractivity contribution < 1.29 is 4.74 Å². The number of benzene rings is 1. The highest BCUT2D eigenvalue weighted by atomic mass is 16.5. The monoisotopic (exact) mass is 268 g/mol. The number of nitrogens with zero attached hydrogens (tertiary/aromatic N) is 3. The van der Waals surface area contributed by atoms with Gasteiger partial charge in [0.2, 0.25) is 5.95 Å². The molecule has 103 valence electrons. The zero-order valence-corrected chi connectivity index (χ0v) is 11.5. The molecule has 1 radical (unpaired) electrons. The zero-order valence-electron chi connectivity index (χ0n) is 11.5. The molecule has 0 aliphatic carbocycles. The fraction of sp³-hybridized carbons (Fsp3) is 0.375. The minimum absolute atomic E-state index is 0.760. The van der Waals surface area contributed by atoms with E-state index in [0.717, 1.165) is 45.1 Å². The molecule has 0 spiro atoms. The molecule has 0 N–H and O–H groups in total. The molecule has 0 amide bonds. The zero-order chi connectivity index (χ0) is 13.6. The van der Waals surface area contributed by atoms with E-state index in [-0.39, 0.29) is 0 Å². The van der Waals surface area contributed by atoms with Gasteiger partial charge in [-0.05, 0) is 30.0 Å². The first-order valence-electron chi connectivity index (χ1n) is 7.00. The fourth-order valence-corrected chi connectivity index (χ4v) is 2.28. The lowest BCUT2D eigenvalue weighted by Crippen LogP contribution is -2.37. The summed E-state index contributed by atoms with van der Waals surface area (Å²) in [5, 5.41) is 0. The average molecular weight is 268 g/mol. The highest BCUT2D eigenvalue weighted by molar-refractivity contribution is 5.30. The third-order valence-corrected chi connectivity index (χ3v) is 3.46. The van der Waals surface area contributed by atoms with E-state index in [1.165, 1.54) is 11.1 Å². The Bertz CT molecular complexity index is 521. The second-order valence-corrected chi connectivity index (χ2v) is 4.90. The normalized spacial score (nSPS) is 15.3. The van der Waals surface area contributed by atoms with Crippen LogP contribution in [0.2, 0.25) is 0 Å². The first-order chi connectivity index (χ1) is 9.92. The van der Waals surface area contributed by atoms with Crippen LogP contribution in [0.3, 0.4) is 0 Å². The van der Waals surface area contributed by atoms with Crippen molar-refractivity contribution in [1.82, 2.24) is 9.97 Å². The number of rotatable bonds is 4.